The molecule has 0 saturated heterocycles. The van der Waals surface area contributed by atoms with Crippen LogP contribution in [0.4, 0.5) is 0 Å². The monoisotopic (exact) mass is 175 g/mol. The van der Waals surface area contributed by atoms with Gasteiger partial charge in [-0.25, -0.2) is 0 Å². The van der Waals surface area contributed by atoms with E-state index in [1.54, 1.807) is 0 Å². The second kappa shape index (κ2) is 4.68. The van der Waals surface area contributed by atoms with Gasteiger partial charge in [0.1, 0.15) is 6.04 Å². The van der Waals surface area contributed by atoms with Crippen LogP contribution < -0.4 is 16.8 Å². The van der Waals surface area contributed by atoms with Gasteiger partial charge in [-0.1, -0.05) is 0 Å². The molecule has 2 unspecified atom stereocenters. The van der Waals surface area contributed by atoms with Crippen molar-refractivity contribution in [3.8, 4) is 0 Å². The summed E-state index contributed by atoms with van der Waals surface area (Å²) in [6.45, 7) is 1.11. The van der Waals surface area contributed by atoms with E-state index in [0.29, 0.717) is 0 Å². The molecule has 0 saturated carbocycles. The first-order valence-electron chi connectivity index (χ1n) is 3.45. The average Bonchev–Trinajstić information content (AvgIpc) is 1.98. The summed E-state index contributed by atoms with van der Waals surface area (Å²) in [6, 6.07) is -1.07. The van der Waals surface area contributed by atoms with E-state index in [0.717, 1.165) is 0 Å². The lowest BCUT2D eigenvalue weighted by molar-refractivity contribution is -0.128. The van der Waals surface area contributed by atoms with Crippen molar-refractivity contribution in [1.29, 1.82) is 0 Å². The highest BCUT2D eigenvalue weighted by Crippen LogP contribution is 1.90. The summed E-state index contributed by atoms with van der Waals surface area (Å²) in [6.07, 6.45) is -1.02. The standard InChI is InChI=1S/C6H13N3O3/c1-3(10)5(6(8)12)9-4(11)2-7/h3,5,10H,2,7H2,1H3,(H2,8,12)(H,9,11). The van der Waals surface area contributed by atoms with Gasteiger partial charge in [-0.3, -0.25) is 9.59 Å². The Labute approximate surface area is 69.9 Å². The summed E-state index contributed by atoms with van der Waals surface area (Å²) in [5.41, 5.74) is 9.86. The van der Waals surface area contributed by atoms with E-state index in [1.807, 2.05) is 0 Å². The van der Waals surface area contributed by atoms with Gasteiger partial charge in [-0.05, 0) is 6.92 Å². The largest absolute Gasteiger partial charge is 0.391 e. The van der Waals surface area contributed by atoms with Gasteiger partial charge in [-0.2, -0.15) is 0 Å². The first-order chi connectivity index (χ1) is 5.49. The summed E-state index contributed by atoms with van der Waals surface area (Å²) >= 11 is 0. The molecule has 0 aromatic heterocycles. The van der Waals surface area contributed by atoms with Crippen molar-refractivity contribution in [2.24, 2.45) is 11.5 Å². The molecule has 70 valence electrons. The first kappa shape index (κ1) is 10.9. The molecular formula is C6H13N3O3. The highest BCUT2D eigenvalue weighted by atomic mass is 16.3. The van der Waals surface area contributed by atoms with Crippen LogP contribution in [-0.2, 0) is 9.59 Å². The van der Waals surface area contributed by atoms with Crippen molar-refractivity contribution in [3.05, 3.63) is 0 Å². The lowest BCUT2D eigenvalue weighted by atomic mass is 10.2. The molecular weight excluding hydrogens is 162 g/mol. The van der Waals surface area contributed by atoms with Crippen molar-refractivity contribution >= 4 is 11.8 Å². The minimum Gasteiger partial charge on any atom is -0.391 e. The van der Waals surface area contributed by atoms with Crippen molar-refractivity contribution in [2.75, 3.05) is 6.54 Å². The van der Waals surface area contributed by atoms with Crippen LogP contribution in [0.1, 0.15) is 6.92 Å². The molecule has 12 heavy (non-hydrogen) atoms. The highest BCUT2D eigenvalue weighted by molar-refractivity contribution is 5.87. The Bertz CT molecular complexity index is 181. The number of rotatable bonds is 4. The number of nitrogens with two attached hydrogens (primary N) is 2. The molecule has 0 spiro atoms. The van der Waals surface area contributed by atoms with E-state index in [9.17, 15) is 9.59 Å². The summed E-state index contributed by atoms with van der Waals surface area (Å²) in [5.74, 6) is -1.31. The molecule has 0 aliphatic carbocycles. The van der Waals surface area contributed by atoms with Crippen molar-refractivity contribution in [2.45, 2.75) is 19.1 Å². The number of amides is 2. The fraction of sp³-hybridized carbons (Fsp3) is 0.667. The molecule has 6 nitrogen and oxygen atoms in total. The third-order valence-electron chi connectivity index (χ3n) is 1.29. The van der Waals surface area contributed by atoms with Crippen LogP contribution in [0.15, 0.2) is 0 Å². The van der Waals surface area contributed by atoms with Gasteiger partial charge in [0.05, 0.1) is 12.6 Å². The Morgan fingerprint density at radius 1 is 1.58 bits per heavy atom. The van der Waals surface area contributed by atoms with E-state index in [-0.39, 0.29) is 6.54 Å². The molecule has 2 atom stereocenters. The number of aliphatic hydroxyl groups is 1. The Hall–Kier alpha value is -1.14. The number of carbonyl (C=O) groups is 2. The Kier molecular flexibility index (Phi) is 4.24. The molecule has 0 radical (unpaired) electrons. The maximum atomic E-state index is 10.7. The third-order valence-corrected chi connectivity index (χ3v) is 1.29. The quantitative estimate of drug-likeness (QED) is 0.371. The van der Waals surface area contributed by atoms with Crippen molar-refractivity contribution < 1.29 is 14.7 Å². The summed E-state index contributed by atoms with van der Waals surface area (Å²) in [7, 11) is 0. The minimum absolute atomic E-state index is 0.240. The summed E-state index contributed by atoms with van der Waals surface area (Å²) < 4.78 is 0. The second-order valence-corrected chi connectivity index (χ2v) is 2.39. The summed E-state index contributed by atoms with van der Waals surface area (Å²) in [5, 5.41) is 11.1. The summed E-state index contributed by atoms with van der Waals surface area (Å²) in [4.78, 5) is 21.3. The topological polar surface area (TPSA) is 118 Å². The maximum absolute atomic E-state index is 10.7. The normalized spacial score (nSPS) is 14.9. The molecule has 0 aromatic rings. The zero-order valence-corrected chi connectivity index (χ0v) is 6.78. The van der Waals surface area contributed by atoms with Gasteiger partial charge in [0, 0.05) is 0 Å². The number of hydrogen-bond acceptors (Lipinski definition) is 4. The van der Waals surface area contributed by atoms with Gasteiger partial charge >= 0.3 is 0 Å². The van der Waals surface area contributed by atoms with E-state index < -0.39 is 24.0 Å². The lowest BCUT2D eigenvalue weighted by Crippen LogP contribution is -2.52. The SMILES string of the molecule is CC(O)C(NC(=O)CN)C(N)=O. The third kappa shape index (κ3) is 3.31. The van der Waals surface area contributed by atoms with Crippen LogP contribution in [0, 0.1) is 0 Å². The van der Waals surface area contributed by atoms with Gasteiger partial charge in [0.2, 0.25) is 11.8 Å². The molecule has 0 rings (SSSR count). The van der Waals surface area contributed by atoms with Gasteiger partial charge in [0.25, 0.3) is 0 Å². The van der Waals surface area contributed by atoms with Crippen molar-refractivity contribution in [3.63, 3.8) is 0 Å². The Morgan fingerprint density at radius 2 is 2.08 bits per heavy atom. The highest BCUT2D eigenvalue weighted by Gasteiger charge is 2.22. The number of primary amides is 1. The molecule has 0 heterocycles. The fourth-order valence-corrected chi connectivity index (χ4v) is 0.662. The van der Waals surface area contributed by atoms with Crippen LogP contribution in [0.2, 0.25) is 0 Å². The molecule has 6 heteroatoms. The first-order valence-corrected chi connectivity index (χ1v) is 3.45. The van der Waals surface area contributed by atoms with E-state index in [1.165, 1.54) is 6.92 Å². The predicted molar refractivity (Wildman–Crippen MR) is 41.9 cm³/mol. The second-order valence-electron chi connectivity index (χ2n) is 2.39. The maximum Gasteiger partial charge on any atom is 0.242 e. The molecule has 0 aliphatic rings. The van der Waals surface area contributed by atoms with E-state index in [2.05, 4.69) is 5.32 Å². The molecule has 0 aromatic carbocycles. The molecule has 2 amide bonds. The van der Waals surface area contributed by atoms with Crippen molar-refractivity contribution in [1.82, 2.24) is 5.32 Å². The Morgan fingerprint density at radius 3 is 2.33 bits per heavy atom. The zero-order valence-electron chi connectivity index (χ0n) is 6.78. The lowest BCUT2D eigenvalue weighted by Gasteiger charge is -2.17. The molecule has 0 fully saturated rings. The van der Waals surface area contributed by atoms with Crippen LogP contribution in [-0.4, -0.2) is 35.6 Å². The molecule has 0 bridgehead atoms. The van der Waals surface area contributed by atoms with Crippen LogP contribution in [0.25, 0.3) is 0 Å². The van der Waals surface area contributed by atoms with Crippen LogP contribution >= 0.6 is 0 Å². The van der Waals surface area contributed by atoms with Crippen LogP contribution in [0.3, 0.4) is 0 Å². The Balaban J connectivity index is 4.14. The van der Waals surface area contributed by atoms with E-state index >= 15 is 0 Å². The van der Waals surface area contributed by atoms with E-state index in [4.69, 9.17) is 16.6 Å². The number of hydrogen-bond donors (Lipinski definition) is 4. The van der Waals surface area contributed by atoms with Gasteiger partial charge in [-0.15, -0.1) is 0 Å². The minimum atomic E-state index is -1.07. The number of nitrogens with one attached hydrogen (secondary N) is 1. The number of aliphatic hydroxyl groups excluding tert-OH is 1. The number of carbonyl (C=O) groups excluding carboxylic acids is 2. The van der Waals surface area contributed by atoms with Gasteiger partial charge in [0.15, 0.2) is 0 Å². The predicted octanol–water partition coefficient (Wildman–Crippen LogP) is -2.70. The van der Waals surface area contributed by atoms with Crippen LogP contribution in [0.5, 0.6) is 0 Å². The molecule has 6 N–H and O–H groups in total. The van der Waals surface area contributed by atoms with Gasteiger partial charge < -0.3 is 21.9 Å². The molecule has 0 aliphatic heterocycles. The fourth-order valence-electron chi connectivity index (χ4n) is 0.662. The average molecular weight is 175 g/mol. The zero-order chi connectivity index (χ0) is 9.72. The smallest absolute Gasteiger partial charge is 0.242 e.